The molecule has 2 rings (SSSR count). The smallest absolute Gasteiger partial charge is 0.270 e. The van der Waals surface area contributed by atoms with E-state index in [2.05, 4.69) is 4.90 Å². The van der Waals surface area contributed by atoms with Crippen molar-refractivity contribution in [3.05, 3.63) is 33.9 Å². The van der Waals surface area contributed by atoms with Gasteiger partial charge in [0.15, 0.2) is 0 Å². The summed E-state index contributed by atoms with van der Waals surface area (Å²) in [5.74, 6) is 0.660. The van der Waals surface area contributed by atoms with Gasteiger partial charge in [-0.2, -0.15) is 0 Å². The number of non-ortho nitro benzene ring substituents is 1. The average molecular weight is 280 g/mol. The van der Waals surface area contributed by atoms with Crippen LogP contribution < -0.4 is 4.74 Å². The van der Waals surface area contributed by atoms with E-state index in [4.69, 9.17) is 4.74 Å². The largest absolute Gasteiger partial charge is 0.496 e. The first-order chi connectivity index (χ1) is 9.41. The zero-order valence-electron chi connectivity index (χ0n) is 11.8. The third kappa shape index (κ3) is 3.46. The molecule has 1 aliphatic rings. The van der Waals surface area contributed by atoms with Crippen molar-refractivity contribution < 1.29 is 14.8 Å². The van der Waals surface area contributed by atoms with E-state index in [9.17, 15) is 15.2 Å². The Morgan fingerprint density at radius 3 is 2.65 bits per heavy atom. The van der Waals surface area contributed by atoms with Gasteiger partial charge < -0.3 is 9.84 Å². The Morgan fingerprint density at radius 2 is 2.10 bits per heavy atom. The van der Waals surface area contributed by atoms with Gasteiger partial charge in [0.2, 0.25) is 0 Å². The minimum Gasteiger partial charge on any atom is -0.496 e. The van der Waals surface area contributed by atoms with Crippen molar-refractivity contribution in [3.8, 4) is 5.75 Å². The molecule has 6 nitrogen and oxygen atoms in total. The van der Waals surface area contributed by atoms with Crippen LogP contribution in [-0.2, 0) is 6.54 Å². The number of benzene rings is 1. The summed E-state index contributed by atoms with van der Waals surface area (Å²) in [4.78, 5) is 12.6. The summed E-state index contributed by atoms with van der Waals surface area (Å²) < 4.78 is 5.26. The molecule has 0 aliphatic carbocycles. The first-order valence-corrected chi connectivity index (χ1v) is 6.67. The highest BCUT2D eigenvalue weighted by atomic mass is 16.6. The van der Waals surface area contributed by atoms with Crippen LogP contribution >= 0.6 is 0 Å². The number of piperidine rings is 1. The van der Waals surface area contributed by atoms with Crippen LogP contribution in [0.5, 0.6) is 5.75 Å². The average Bonchev–Trinajstić information content (AvgIpc) is 2.41. The van der Waals surface area contributed by atoms with Crippen molar-refractivity contribution in [3.63, 3.8) is 0 Å². The number of methoxy groups -OCH3 is 1. The molecule has 0 atom stereocenters. The zero-order chi connectivity index (χ0) is 14.8. The Morgan fingerprint density at radius 1 is 1.45 bits per heavy atom. The molecular formula is C14H20N2O4. The van der Waals surface area contributed by atoms with Crippen LogP contribution in [0.4, 0.5) is 5.69 Å². The monoisotopic (exact) mass is 280 g/mol. The van der Waals surface area contributed by atoms with Gasteiger partial charge in [-0.3, -0.25) is 15.0 Å². The lowest BCUT2D eigenvalue weighted by atomic mass is 9.93. The van der Waals surface area contributed by atoms with E-state index >= 15 is 0 Å². The van der Waals surface area contributed by atoms with E-state index in [-0.39, 0.29) is 5.69 Å². The first-order valence-electron chi connectivity index (χ1n) is 6.67. The number of nitro benzene ring substituents is 1. The molecule has 6 heteroatoms. The lowest BCUT2D eigenvalue weighted by Gasteiger charge is -2.35. The normalized spacial score (nSPS) is 18.8. The predicted octanol–water partition coefficient (Wildman–Crippen LogP) is 1.95. The Balaban J connectivity index is 2.12. The fraction of sp³-hybridized carbons (Fsp3) is 0.571. The second kappa shape index (κ2) is 5.76. The summed E-state index contributed by atoms with van der Waals surface area (Å²) in [5.41, 5.74) is 0.288. The van der Waals surface area contributed by atoms with Crippen LogP contribution in [0.25, 0.3) is 0 Å². The molecule has 1 aromatic rings. The molecule has 110 valence electrons. The molecule has 1 heterocycles. The van der Waals surface area contributed by atoms with Gasteiger partial charge in [-0.05, 0) is 25.8 Å². The van der Waals surface area contributed by atoms with Gasteiger partial charge in [0.05, 0.1) is 17.6 Å². The molecule has 1 aromatic carbocycles. The Kier molecular flexibility index (Phi) is 4.25. The molecule has 0 unspecified atom stereocenters. The molecule has 1 N–H and O–H groups in total. The predicted molar refractivity (Wildman–Crippen MR) is 74.8 cm³/mol. The molecule has 0 spiro atoms. The van der Waals surface area contributed by atoms with Crippen molar-refractivity contribution in [2.75, 3.05) is 20.2 Å². The van der Waals surface area contributed by atoms with Gasteiger partial charge >= 0.3 is 0 Å². The van der Waals surface area contributed by atoms with E-state index in [1.165, 1.54) is 6.07 Å². The SMILES string of the molecule is COc1ccc([N+](=O)[O-])cc1CN1CCC(C)(O)CC1. The van der Waals surface area contributed by atoms with Crippen molar-refractivity contribution in [2.24, 2.45) is 0 Å². The number of likely N-dealkylation sites (tertiary alicyclic amines) is 1. The minimum absolute atomic E-state index is 0.0739. The van der Waals surface area contributed by atoms with Gasteiger partial charge in [-0.25, -0.2) is 0 Å². The van der Waals surface area contributed by atoms with E-state index < -0.39 is 10.5 Å². The quantitative estimate of drug-likeness (QED) is 0.674. The highest BCUT2D eigenvalue weighted by molar-refractivity contribution is 5.43. The van der Waals surface area contributed by atoms with Crippen LogP contribution in [0.2, 0.25) is 0 Å². The van der Waals surface area contributed by atoms with Gasteiger partial charge in [0.25, 0.3) is 5.69 Å². The molecule has 0 saturated carbocycles. The number of ether oxygens (including phenoxy) is 1. The van der Waals surface area contributed by atoms with E-state index in [0.29, 0.717) is 25.1 Å². The molecule has 1 saturated heterocycles. The molecule has 0 radical (unpaired) electrons. The first kappa shape index (κ1) is 14.7. The van der Waals surface area contributed by atoms with Crippen molar-refractivity contribution in [2.45, 2.75) is 31.9 Å². The summed E-state index contributed by atoms with van der Waals surface area (Å²) in [6.07, 6.45) is 1.43. The van der Waals surface area contributed by atoms with E-state index in [0.717, 1.165) is 18.7 Å². The van der Waals surface area contributed by atoms with E-state index in [1.807, 2.05) is 6.92 Å². The standard InChI is InChI=1S/C14H20N2O4/c1-14(17)5-7-15(8-6-14)10-11-9-12(16(18)19)3-4-13(11)20-2/h3-4,9,17H,5-8,10H2,1-2H3. The third-order valence-corrected chi connectivity index (χ3v) is 3.80. The van der Waals surface area contributed by atoms with Gasteiger partial charge in [0, 0.05) is 37.3 Å². The minimum atomic E-state index is -0.594. The zero-order valence-corrected chi connectivity index (χ0v) is 11.8. The lowest BCUT2D eigenvalue weighted by molar-refractivity contribution is -0.385. The highest BCUT2D eigenvalue weighted by Gasteiger charge is 2.27. The summed E-state index contributed by atoms with van der Waals surface area (Å²) in [6.45, 7) is 4.00. The second-order valence-electron chi connectivity index (χ2n) is 5.53. The third-order valence-electron chi connectivity index (χ3n) is 3.80. The number of rotatable bonds is 4. The summed E-state index contributed by atoms with van der Waals surface area (Å²) in [7, 11) is 1.56. The molecule has 0 amide bonds. The summed E-state index contributed by atoms with van der Waals surface area (Å²) >= 11 is 0. The molecule has 20 heavy (non-hydrogen) atoms. The van der Waals surface area contributed by atoms with Crippen LogP contribution in [0.15, 0.2) is 18.2 Å². The number of nitrogens with zero attached hydrogens (tertiary/aromatic N) is 2. The Bertz CT molecular complexity index is 492. The number of aliphatic hydroxyl groups is 1. The van der Waals surface area contributed by atoms with Gasteiger partial charge in [-0.1, -0.05) is 0 Å². The van der Waals surface area contributed by atoms with Crippen molar-refractivity contribution in [1.29, 1.82) is 0 Å². The topological polar surface area (TPSA) is 75.8 Å². The van der Waals surface area contributed by atoms with Gasteiger partial charge in [-0.15, -0.1) is 0 Å². The van der Waals surface area contributed by atoms with Gasteiger partial charge in [0.1, 0.15) is 5.75 Å². The number of nitro groups is 1. The van der Waals surface area contributed by atoms with Crippen molar-refractivity contribution in [1.82, 2.24) is 4.90 Å². The maximum Gasteiger partial charge on any atom is 0.270 e. The van der Waals surface area contributed by atoms with Crippen LogP contribution in [-0.4, -0.2) is 40.7 Å². The Hall–Kier alpha value is -1.66. The molecular weight excluding hydrogens is 260 g/mol. The van der Waals surface area contributed by atoms with Crippen LogP contribution in [0.3, 0.4) is 0 Å². The van der Waals surface area contributed by atoms with E-state index in [1.54, 1.807) is 19.2 Å². The molecule has 0 bridgehead atoms. The fourth-order valence-corrected chi connectivity index (χ4v) is 2.44. The fourth-order valence-electron chi connectivity index (χ4n) is 2.44. The maximum absolute atomic E-state index is 10.8. The maximum atomic E-state index is 10.8. The summed E-state index contributed by atoms with van der Waals surface area (Å²) in [5, 5.41) is 20.8. The highest BCUT2D eigenvalue weighted by Crippen LogP contribution is 2.28. The van der Waals surface area contributed by atoms with Crippen molar-refractivity contribution >= 4 is 5.69 Å². The lowest BCUT2D eigenvalue weighted by Crippen LogP contribution is -2.42. The summed E-state index contributed by atoms with van der Waals surface area (Å²) in [6, 6.07) is 4.64. The Labute approximate surface area is 118 Å². The number of hydrogen-bond acceptors (Lipinski definition) is 5. The molecule has 1 aliphatic heterocycles. The van der Waals surface area contributed by atoms with Crippen LogP contribution in [0, 0.1) is 10.1 Å². The second-order valence-corrected chi connectivity index (χ2v) is 5.53. The molecule has 0 aromatic heterocycles. The number of hydrogen-bond donors (Lipinski definition) is 1. The van der Waals surface area contributed by atoms with Crippen LogP contribution in [0.1, 0.15) is 25.3 Å². The molecule has 1 fully saturated rings.